The molecule has 1 saturated heterocycles. The first kappa shape index (κ1) is 17.2. The van der Waals surface area contributed by atoms with Crippen molar-refractivity contribution in [3.63, 3.8) is 0 Å². The van der Waals surface area contributed by atoms with E-state index < -0.39 is 0 Å². The van der Waals surface area contributed by atoms with Gasteiger partial charge in [-0.3, -0.25) is 15.0 Å². The molecule has 6 heteroatoms. The molecule has 2 aliphatic rings. The summed E-state index contributed by atoms with van der Waals surface area (Å²) in [5, 5.41) is 14.7. The molecule has 22 heavy (non-hydrogen) atoms. The number of rotatable bonds is 3. The minimum atomic E-state index is -0.259. The summed E-state index contributed by atoms with van der Waals surface area (Å²) in [5.74, 6) is 0. The van der Waals surface area contributed by atoms with Gasteiger partial charge in [-0.1, -0.05) is 37.5 Å². The van der Waals surface area contributed by atoms with Gasteiger partial charge in [0.15, 0.2) is 0 Å². The molecule has 0 atom stereocenters. The van der Waals surface area contributed by atoms with Crippen molar-refractivity contribution in [2.24, 2.45) is 0 Å². The molecule has 1 aromatic rings. The maximum absolute atomic E-state index is 11.2. The maximum atomic E-state index is 11.2. The Balaban J connectivity index is 0.00000176. The molecule has 0 bridgehead atoms. The zero-order chi connectivity index (χ0) is 14.7. The second-order valence-electron chi connectivity index (χ2n) is 6.27. The van der Waals surface area contributed by atoms with Gasteiger partial charge in [0, 0.05) is 43.3 Å². The smallest absolute Gasteiger partial charge is 0.273 e. The Morgan fingerprint density at radius 3 is 2.68 bits per heavy atom. The van der Waals surface area contributed by atoms with E-state index in [1.165, 1.54) is 32.1 Å². The number of para-hydroxylation sites is 1. The van der Waals surface area contributed by atoms with E-state index in [4.69, 9.17) is 0 Å². The van der Waals surface area contributed by atoms with Crippen LogP contribution in [0.25, 0.3) is 0 Å². The lowest BCUT2D eigenvalue weighted by molar-refractivity contribution is -0.385. The second kappa shape index (κ2) is 7.40. The van der Waals surface area contributed by atoms with Gasteiger partial charge in [0.1, 0.15) is 0 Å². The highest BCUT2D eigenvalue weighted by Crippen LogP contribution is 2.36. The van der Waals surface area contributed by atoms with Crippen LogP contribution < -0.4 is 5.32 Å². The SMILES string of the molecule is Cl.O=[N+]([O-])c1ccccc1CN1CCNCC12CCCCC2. The first-order valence-electron chi connectivity index (χ1n) is 7.89. The van der Waals surface area contributed by atoms with Gasteiger partial charge in [-0.25, -0.2) is 0 Å². The topological polar surface area (TPSA) is 58.4 Å². The third kappa shape index (κ3) is 3.42. The van der Waals surface area contributed by atoms with Crippen LogP contribution in [0.3, 0.4) is 0 Å². The van der Waals surface area contributed by atoms with Crippen molar-refractivity contribution in [1.82, 2.24) is 10.2 Å². The normalized spacial score (nSPS) is 21.3. The number of nitrogens with zero attached hydrogens (tertiary/aromatic N) is 2. The molecule has 122 valence electrons. The second-order valence-corrected chi connectivity index (χ2v) is 6.27. The summed E-state index contributed by atoms with van der Waals surface area (Å²) in [6.45, 7) is 3.67. The van der Waals surface area contributed by atoms with Crippen LogP contribution in [0.15, 0.2) is 24.3 Å². The fourth-order valence-corrected chi connectivity index (χ4v) is 3.86. The van der Waals surface area contributed by atoms with Crippen molar-refractivity contribution in [2.45, 2.75) is 44.2 Å². The Bertz CT molecular complexity index is 510. The summed E-state index contributed by atoms with van der Waals surface area (Å²) in [5.41, 5.74) is 1.30. The minimum absolute atomic E-state index is 0. The lowest BCUT2D eigenvalue weighted by atomic mass is 9.79. The van der Waals surface area contributed by atoms with Crippen LogP contribution in [-0.2, 0) is 6.54 Å². The lowest BCUT2D eigenvalue weighted by Gasteiger charge is -2.50. The van der Waals surface area contributed by atoms with E-state index in [2.05, 4.69) is 10.2 Å². The maximum Gasteiger partial charge on any atom is 0.273 e. The fourth-order valence-electron chi connectivity index (χ4n) is 3.86. The molecule has 2 fully saturated rings. The van der Waals surface area contributed by atoms with E-state index in [-0.39, 0.29) is 28.6 Å². The van der Waals surface area contributed by atoms with Gasteiger partial charge in [-0.05, 0) is 12.8 Å². The van der Waals surface area contributed by atoms with Crippen molar-refractivity contribution in [3.05, 3.63) is 39.9 Å². The number of hydrogen-bond acceptors (Lipinski definition) is 4. The number of hydrogen-bond donors (Lipinski definition) is 1. The van der Waals surface area contributed by atoms with Gasteiger partial charge in [0.2, 0.25) is 0 Å². The molecule has 1 saturated carbocycles. The van der Waals surface area contributed by atoms with E-state index in [1.807, 2.05) is 12.1 Å². The first-order valence-corrected chi connectivity index (χ1v) is 7.89. The summed E-state index contributed by atoms with van der Waals surface area (Å²) in [4.78, 5) is 13.4. The number of nitro groups is 1. The molecule has 0 radical (unpaired) electrons. The third-order valence-electron chi connectivity index (χ3n) is 5.02. The summed E-state index contributed by atoms with van der Waals surface area (Å²) in [7, 11) is 0. The highest BCUT2D eigenvalue weighted by molar-refractivity contribution is 5.85. The van der Waals surface area contributed by atoms with Crippen LogP contribution in [0.1, 0.15) is 37.7 Å². The molecule has 5 nitrogen and oxygen atoms in total. The van der Waals surface area contributed by atoms with Crippen molar-refractivity contribution in [2.75, 3.05) is 19.6 Å². The van der Waals surface area contributed by atoms with Gasteiger partial charge in [-0.15, -0.1) is 12.4 Å². The van der Waals surface area contributed by atoms with Gasteiger partial charge in [0.05, 0.1) is 4.92 Å². The summed E-state index contributed by atoms with van der Waals surface area (Å²) in [6, 6.07) is 7.16. The molecule has 1 aromatic carbocycles. The van der Waals surface area contributed by atoms with Gasteiger partial charge in [-0.2, -0.15) is 0 Å². The van der Waals surface area contributed by atoms with Crippen LogP contribution in [0.2, 0.25) is 0 Å². The number of piperazine rings is 1. The van der Waals surface area contributed by atoms with E-state index in [0.29, 0.717) is 6.54 Å². The molecule has 0 amide bonds. The predicted molar refractivity (Wildman–Crippen MR) is 89.4 cm³/mol. The van der Waals surface area contributed by atoms with Gasteiger partial charge < -0.3 is 5.32 Å². The zero-order valence-electron chi connectivity index (χ0n) is 12.8. The Morgan fingerprint density at radius 2 is 1.95 bits per heavy atom. The zero-order valence-corrected chi connectivity index (χ0v) is 13.6. The van der Waals surface area contributed by atoms with Gasteiger partial charge in [0.25, 0.3) is 5.69 Å². The molecule has 3 rings (SSSR count). The highest BCUT2D eigenvalue weighted by atomic mass is 35.5. The quantitative estimate of drug-likeness (QED) is 0.685. The molecule has 0 aromatic heterocycles. The van der Waals surface area contributed by atoms with Crippen LogP contribution in [-0.4, -0.2) is 35.0 Å². The number of halogens is 1. The monoisotopic (exact) mass is 325 g/mol. The van der Waals surface area contributed by atoms with Crippen molar-refractivity contribution >= 4 is 18.1 Å². The average molecular weight is 326 g/mol. The lowest BCUT2D eigenvalue weighted by Crippen LogP contribution is -2.61. The largest absolute Gasteiger partial charge is 0.314 e. The standard InChI is InChI=1S/C16H23N3O2.ClH/c20-19(21)15-7-3-2-6-14(15)12-18-11-10-17-13-16(18)8-4-1-5-9-16;/h2-3,6-7,17H,1,4-5,8-13H2;1H. The first-order chi connectivity index (χ1) is 10.2. The summed E-state index contributed by atoms with van der Waals surface area (Å²) in [6.07, 6.45) is 6.28. The molecule has 1 aliphatic heterocycles. The van der Waals surface area contributed by atoms with Gasteiger partial charge >= 0.3 is 0 Å². The minimum Gasteiger partial charge on any atom is -0.314 e. The number of benzene rings is 1. The highest BCUT2D eigenvalue weighted by Gasteiger charge is 2.40. The molecule has 1 heterocycles. The Hall–Kier alpha value is -1.17. The fraction of sp³-hybridized carbons (Fsp3) is 0.625. The van der Waals surface area contributed by atoms with Crippen molar-refractivity contribution < 1.29 is 4.92 Å². The van der Waals surface area contributed by atoms with Crippen molar-refractivity contribution in [3.8, 4) is 0 Å². The molecule has 1 spiro atoms. The Labute approximate surface area is 137 Å². The van der Waals surface area contributed by atoms with E-state index in [1.54, 1.807) is 12.1 Å². The van der Waals surface area contributed by atoms with Crippen LogP contribution >= 0.6 is 12.4 Å². The van der Waals surface area contributed by atoms with E-state index >= 15 is 0 Å². The predicted octanol–water partition coefficient (Wildman–Crippen LogP) is 3.12. The molecule has 1 N–H and O–H groups in total. The molecule has 1 aliphatic carbocycles. The van der Waals surface area contributed by atoms with E-state index in [9.17, 15) is 10.1 Å². The van der Waals surface area contributed by atoms with E-state index in [0.717, 1.165) is 25.2 Å². The van der Waals surface area contributed by atoms with Crippen LogP contribution in [0.5, 0.6) is 0 Å². The average Bonchev–Trinajstić information content (AvgIpc) is 2.51. The molecular formula is C16H24ClN3O2. The molecular weight excluding hydrogens is 302 g/mol. The Kier molecular flexibility index (Phi) is 5.78. The number of nitro benzene ring substituents is 1. The number of nitrogens with one attached hydrogen (secondary N) is 1. The van der Waals surface area contributed by atoms with Crippen LogP contribution in [0, 0.1) is 10.1 Å². The summed E-state index contributed by atoms with van der Waals surface area (Å²) < 4.78 is 0. The Morgan fingerprint density at radius 1 is 1.23 bits per heavy atom. The van der Waals surface area contributed by atoms with Crippen molar-refractivity contribution in [1.29, 1.82) is 0 Å². The summed E-state index contributed by atoms with van der Waals surface area (Å²) >= 11 is 0. The van der Waals surface area contributed by atoms with Crippen LogP contribution in [0.4, 0.5) is 5.69 Å². The third-order valence-corrected chi connectivity index (χ3v) is 5.02. The molecule has 0 unspecified atom stereocenters.